The van der Waals surface area contributed by atoms with Crippen LogP contribution in [0, 0.1) is 5.92 Å². The van der Waals surface area contributed by atoms with Gasteiger partial charge < -0.3 is 0 Å². The molecule has 0 aliphatic heterocycles. The van der Waals surface area contributed by atoms with Gasteiger partial charge in [0.2, 0.25) is 0 Å². The summed E-state index contributed by atoms with van der Waals surface area (Å²) in [6, 6.07) is 25.4. The minimum atomic E-state index is 0.274. The molecule has 2 atom stereocenters. The molecule has 232 valence electrons. The lowest BCUT2D eigenvalue weighted by molar-refractivity contribution is 0.619. The van der Waals surface area contributed by atoms with Gasteiger partial charge in [-0.25, -0.2) is 0 Å². The topological polar surface area (TPSA) is 0 Å². The Balaban J connectivity index is 1.42. The third-order valence-electron chi connectivity index (χ3n) is 9.95. The predicted octanol–water partition coefficient (Wildman–Crippen LogP) is 12.4. The van der Waals surface area contributed by atoms with Gasteiger partial charge in [-0.2, -0.15) is 0 Å². The highest BCUT2D eigenvalue weighted by atomic mass is 14.4. The first kappa shape index (κ1) is 32.5. The summed E-state index contributed by atoms with van der Waals surface area (Å²) < 4.78 is 0. The van der Waals surface area contributed by atoms with Crippen molar-refractivity contribution in [2.24, 2.45) is 5.92 Å². The molecule has 2 aliphatic rings. The molecule has 0 radical (unpaired) electrons. The van der Waals surface area contributed by atoms with E-state index in [0.29, 0.717) is 5.92 Å². The summed E-state index contributed by atoms with van der Waals surface area (Å²) >= 11 is 0. The number of aryl methyl sites for hydroxylation is 4. The number of hydrogen-bond donors (Lipinski definition) is 0. The van der Waals surface area contributed by atoms with Gasteiger partial charge >= 0.3 is 0 Å². The summed E-state index contributed by atoms with van der Waals surface area (Å²) in [6.07, 6.45) is 13.4. The molecule has 0 spiro atoms. The van der Waals surface area contributed by atoms with Gasteiger partial charge in [-0.3, -0.25) is 0 Å². The molecule has 5 rings (SSSR count). The molecule has 3 aromatic carbocycles. The van der Waals surface area contributed by atoms with Crippen LogP contribution in [-0.4, -0.2) is 0 Å². The smallest absolute Gasteiger partial charge is 0.0201 e. The Morgan fingerprint density at radius 3 is 2.16 bits per heavy atom. The van der Waals surface area contributed by atoms with Crippen molar-refractivity contribution >= 4 is 11.6 Å². The van der Waals surface area contributed by atoms with Gasteiger partial charge in [0.1, 0.15) is 0 Å². The predicted molar refractivity (Wildman–Crippen MR) is 198 cm³/mol. The van der Waals surface area contributed by atoms with Crippen LogP contribution in [0.3, 0.4) is 0 Å². The highest BCUT2D eigenvalue weighted by molar-refractivity contribution is 5.68. The molecule has 45 heavy (non-hydrogen) atoms. The molecular weight excluding hydrogens is 540 g/mol. The van der Waals surface area contributed by atoms with Crippen LogP contribution in [0.15, 0.2) is 126 Å². The molecule has 0 N–H and O–H groups in total. The first-order valence-corrected chi connectivity index (χ1v) is 17.2. The summed E-state index contributed by atoms with van der Waals surface area (Å²) in [6.45, 7) is 24.6. The average Bonchev–Trinajstić information content (AvgIpc) is 3.34. The zero-order valence-electron chi connectivity index (χ0n) is 28.4. The van der Waals surface area contributed by atoms with Crippen molar-refractivity contribution in [1.82, 2.24) is 0 Å². The van der Waals surface area contributed by atoms with E-state index in [4.69, 9.17) is 6.58 Å². The molecule has 0 heterocycles. The second-order valence-corrected chi connectivity index (χ2v) is 13.3. The Hall–Kier alpha value is -3.90. The molecule has 3 aromatic rings. The average molecular weight is 593 g/mol. The Bertz CT molecular complexity index is 1660. The van der Waals surface area contributed by atoms with Gasteiger partial charge in [-0.15, -0.1) is 0 Å². The van der Waals surface area contributed by atoms with Crippen molar-refractivity contribution < 1.29 is 0 Å². The summed E-state index contributed by atoms with van der Waals surface area (Å²) in [4.78, 5) is 0. The van der Waals surface area contributed by atoms with Crippen LogP contribution in [0.1, 0.15) is 105 Å². The number of hydrogen-bond acceptors (Lipinski definition) is 0. The lowest BCUT2D eigenvalue weighted by Crippen LogP contribution is -2.21. The van der Waals surface area contributed by atoms with Crippen LogP contribution in [0.4, 0.5) is 0 Å². The van der Waals surface area contributed by atoms with Gasteiger partial charge in [-0.1, -0.05) is 149 Å². The second-order valence-electron chi connectivity index (χ2n) is 13.3. The first-order valence-electron chi connectivity index (χ1n) is 17.2. The van der Waals surface area contributed by atoms with Gasteiger partial charge in [0.15, 0.2) is 0 Å². The van der Waals surface area contributed by atoms with Crippen molar-refractivity contribution in [3.63, 3.8) is 0 Å². The normalized spacial score (nSPS) is 18.7. The van der Waals surface area contributed by atoms with Gasteiger partial charge in [0.25, 0.3) is 0 Å². The van der Waals surface area contributed by atoms with Crippen LogP contribution >= 0.6 is 0 Å². The van der Waals surface area contributed by atoms with Crippen molar-refractivity contribution in [3.8, 4) is 0 Å². The van der Waals surface area contributed by atoms with Crippen molar-refractivity contribution in [3.05, 3.63) is 165 Å². The van der Waals surface area contributed by atoms with Crippen LogP contribution in [0.5, 0.6) is 0 Å². The highest BCUT2D eigenvalue weighted by Crippen LogP contribution is 2.55. The van der Waals surface area contributed by atoms with Crippen molar-refractivity contribution in [2.75, 3.05) is 0 Å². The van der Waals surface area contributed by atoms with Crippen LogP contribution < -0.4 is 0 Å². The maximum atomic E-state index is 4.78. The molecule has 2 unspecified atom stereocenters. The fourth-order valence-corrected chi connectivity index (χ4v) is 7.51. The zero-order valence-corrected chi connectivity index (χ0v) is 28.4. The monoisotopic (exact) mass is 592 g/mol. The lowest BCUT2D eigenvalue weighted by atomic mass is 9.69. The number of fused-ring (bicyclic) bond motifs is 1. The molecule has 1 saturated carbocycles. The standard InChI is InChI=1S/C45H52/c1-9-12-31(6)43-32(7)26-42-29-41(33(8)44(42)45(43)39-24-14-34(11-3)15-25-39)28-36-19-23-38(40(27-36)13-10-2)22-18-35-16-20-37(21-17-35)30(4)5/h14-17,19-21,23-28,44-45H,4,6,8-13,18,22,29H2,1-3,5,7H3/b41-28+. The van der Waals surface area contributed by atoms with Crippen LogP contribution in [0.2, 0.25) is 0 Å². The zero-order chi connectivity index (χ0) is 32.1. The van der Waals surface area contributed by atoms with Crippen LogP contribution in [0.25, 0.3) is 11.6 Å². The third kappa shape index (κ3) is 7.17. The second kappa shape index (κ2) is 14.5. The molecule has 2 aliphatic carbocycles. The molecule has 0 bridgehead atoms. The largest absolute Gasteiger partial charge is 0.0955 e. The van der Waals surface area contributed by atoms with Gasteiger partial charge in [0, 0.05) is 11.8 Å². The van der Waals surface area contributed by atoms with E-state index in [9.17, 15) is 0 Å². The van der Waals surface area contributed by atoms with E-state index in [1.807, 2.05) is 0 Å². The maximum absolute atomic E-state index is 4.78. The molecular formula is C45H52. The Kier molecular flexibility index (Phi) is 10.4. The minimum absolute atomic E-state index is 0.274. The Morgan fingerprint density at radius 1 is 0.800 bits per heavy atom. The quantitative estimate of drug-likeness (QED) is 0.196. The molecule has 0 amide bonds. The highest BCUT2D eigenvalue weighted by Gasteiger charge is 2.40. The number of rotatable bonds is 12. The summed E-state index contributed by atoms with van der Waals surface area (Å²) in [5.41, 5.74) is 19.0. The van der Waals surface area contributed by atoms with Gasteiger partial charge in [0.05, 0.1) is 0 Å². The first-order chi connectivity index (χ1) is 21.7. The summed E-state index contributed by atoms with van der Waals surface area (Å²) in [5, 5.41) is 0. The summed E-state index contributed by atoms with van der Waals surface area (Å²) in [7, 11) is 0. The van der Waals surface area contributed by atoms with Crippen LogP contribution in [-0.2, 0) is 25.7 Å². The molecule has 0 saturated heterocycles. The maximum Gasteiger partial charge on any atom is 0.0201 e. The van der Waals surface area contributed by atoms with Crippen molar-refractivity contribution in [2.45, 2.75) is 91.9 Å². The van der Waals surface area contributed by atoms with E-state index in [0.717, 1.165) is 56.9 Å². The third-order valence-corrected chi connectivity index (χ3v) is 9.95. The Labute approximate surface area is 273 Å². The van der Waals surface area contributed by atoms with E-state index >= 15 is 0 Å². The SMILES string of the molecule is C=C(CCC)C1=C(C)C=C2C/C(=C\c3ccc(CCc4ccc(C(=C)C)cc4)c(CCC)c3)C(=C)C2C1c1ccc(CC)cc1. The molecule has 0 nitrogen and oxygen atoms in total. The lowest BCUT2D eigenvalue weighted by Gasteiger charge is -2.34. The number of allylic oxidation sites excluding steroid dienone is 8. The van der Waals surface area contributed by atoms with E-state index in [2.05, 4.69) is 127 Å². The molecule has 1 fully saturated rings. The number of benzene rings is 3. The fourth-order valence-electron chi connectivity index (χ4n) is 7.51. The van der Waals surface area contributed by atoms with Gasteiger partial charge in [-0.05, 0) is 114 Å². The fraction of sp³-hybridized carbons (Fsp3) is 0.333. The van der Waals surface area contributed by atoms with E-state index in [1.165, 1.54) is 72.4 Å². The van der Waals surface area contributed by atoms with Crippen molar-refractivity contribution in [1.29, 1.82) is 0 Å². The minimum Gasteiger partial charge on any atom is -0.0955 e. The van der Waals surface area contributed by atoms with E-state index < -0.39 is 0 Å². The molecule has 0 heteroatoms. The van der Waals surface area contributed by atoms with E-state index in [-0.39, 0.29) is 5.92 Å². The van der Waals surface area contributed by atoms with E-state index in [1.54, 1.807) is 0 Å². The summed E-state index contributed by atoms with van der Waals surface area (Å²) in [5.74, 6) is 0.567. The Morgan fingerprint density at radius 2 is 1.51 bits per heavy atom. The molecule has 0 aromatic heterocycles.